The average molecular weight is 314 g/mol. The Bertz CT molecular complexity index is 488. The summed E-state index contributed by atoms with van der Waals surface area (Å²) in [5, 5.41) is 9.05. The number of carbonyl (C=O) groups excluding carboxylic acids is 2. The van der Waals surface area contributed by atoms with E-state index in [1.54, 1.807) is 37.4 Å². The minimum atomic E-state index is -1.04. The van der Waals surface area contributed by atoms with Crippen molar-refractivity contribution in [2.45, 2.75) is 57.0 Å². The fraction of sp³-hybridized carbons (Fsp3) is 0.786. The highest BCUT2D eigenvalue weighted by Crippen LogP contribution is 2.47. The van der Waals surface area contributed by atoms with Crippen molar-refractivity contribution in [2.24, 2.45) is 0 Å². The fourth-order valence-corrected chi connectivity index (χ4v) is 4.39. The van der Waals surface area contributed by atoms with Crippen LogP contribution in [0.15, 0.2) is 0 Å². The minimum Gasteiger partial charge on any atom is -0.480 e. The third kappa shape index (κ3) is 2.88. The molecule has 2 aliphatic heterocycles. The molecule has 7 heteroatoms. The molecule has 0 bridgehead atoms. The van der Waals surface area contributed by atoms with Gasteiger partial charge in [-0.15, -0.1) is 11.8 Å². The van der Waals surface area contributed by atoms with Crippen LogP contribution in [0.25, 0.3) is 0 Å². The fourth-order valence-electron chi connectivity index (χ4n) is 2.96. The van der Waals surface area contributed by atoms with E-state index < -0.39 is 17.6 Å². The first-order valence-corrected chi connectivity index (χ1v) is 8.04. The molecule has 0 aromatic rings. The molecule has 0 aliphatic carbocycles. The van der Waals surface area contributed by atoms with Gasteiger partial charge in [0.15, 0.2) is 0 Å². The lowest BCUT2D eigenvalue weighted by Crippen LogP contribution is -2.57. The minimum absolute atomic E-state index is 0.00923. The Labute approximate surface area is 128 Å². The molecule has 2 amide bonds. The highest BCUT2D eigenvalue weighted by atomic mass is 32.2. The van der Waals surface area contributed by atoms with Crippen LogP contribution in [0.2, 0.25) is 0 Å². The van der Waals surface area contributed by atoms with E-state index >= 15 is 0 Å². The molecule has 0 aromatic heterocycles. The lowest BCUT2D eigenvalue weighted by molar-refractivity contribution is -0.153. The lowest BCUT2D eigenvalue weighted by atomic mass is 10.0. The van der Waals surface area contributed by atoms with Gasteiger partial charge in [0.05, 0.1) is 4.87 Å². The maximum Gasteiger partial charge on any atom is 0.323 e. The highest BCUT2D eigenvalue weighted by Gasteiger charge is 2.54. The molecule has 2 heterocycles. The highest BCUT2D eigenvalue weighted by molar-refractivity contribution is 8.01. The van der Waals surface area contributed by atoms with E-state index in [4.69, 9.17) is 5.11 Å². The number of hydrogen-bond acceptors (Lipinski definition) is 4. The summed E-state index contributed by atoms with van der Waals surface area (Å²) in [4.78, 5) is 38.7. The number of rotatable bonds is 3. The topological polar surface area (TPSA) is 77.9 Å². The zero-order valence-corrected chi connectivity index (χ0v) is 13.7. The van der Waals surface area contributed by atoms with E-state index in [9.17, 15) is 14.4 Å². The molecule has 6 nitrogen and oxygen atoms in total. The molecule has 2 saturated heterocycles. The summed E-state index contributed by atoms with van der Waals surface area (Å²) in [5.74, 6) is -0.784. The van der Waals surface area contributed by atoms with Crippen LogP contribution in [0.3, 0.4) is 0 Å². The Hall–Kier alpha value is -1.24. The second-order valence-electron chi connectivity index (χ2n) is 6.75. The van der Waals surface area contributed by atoms with Crippen molar-refractivity contribution in [3.05, 3.63) is 0 Å². The molecule has 0 spiro atoms. The summed E-state index contributed by atoms with van der Waals surface area (Å²) in [7, 11) is 0. The summed E-state index contributed by atoms with van der Waals surface area (Å²) in [6.45, 7) is 7.06. The summed E-state index contributed by atoms with van der Waals surface area (Å²) in [6, 6.07) is -0.548. The number of thioether (sulfide) groups is 1. The van der Waals surface area contributed by atoms with Crippen LogP contribution in [0, 0.1) is 0 Å². The van der Waals surface area contributed by atoms with E-state index in [-0.39, 0.29) is 23.2 Å². The van der Waals surface area contributed by atoms with Crippen LogP contribution < -0.4 is 0 Å². The molecule has 2 rings (SSSR count). The summed E-state index contributed by atoms with van der Waals surface area (Å²) >= 11 is 1.61. The lowest BCUT2D eigenvalue weighted by Gasteiger charge is -2.38. The van der Waals surface area contributed by atoms with Crippen LogP contribution >= 0.6 is 11.8 Å². The number of hydrogen-bond donors (Lipinski definition) is 1. The average Bonchev–Trinajstić information content (AvgIpc) is 2.82. The van der Waals surface area contributed by atoms with Gasteiger partial charge in [-0.2, -0.15) is 0 Å². The number of aliphatic carboxylic acids is 1. The van der Waals surface area contributed by atoms with Gasteiger partial charge in [0, 0.05) is 17.7 Å². The van der Waals surface area contributed by atoms with Gasteiger partial charge < -0.3 is 14.9 Å². The van der Waals surface area contributed by atoms with Crippen molar-refractivity contribution >= 4 is 29.5 Å². The van der Waals surface area contributed by atoms with Gasteiger partial charge in [-0.25, -0.2) is 0 Å². The molecule has 21 heavy (non-hydrogen) atoms. The van der Waals surface area contributed by atoms with Gasteiger partial charge in [-0.3, -0.25) is 14.4 Å². The summed E-state index contributed by atoms with van der Waals surface area (Å²) in [6.07, 6.45) is 1.20. The standard InChI is InChI=1S/C14H22N2O4S/c1-13(2,3)15(7-11(18)19)12(20)9-8-21-14(4)6-5-10(17)16(9)14/h9H,5-8H2,1-4H3,(H,18,19). The first-order chi connectivity index (χ1) is 9.56. The second kappa shape index (κ2) is 5.19. The second-order valence-corrected chi connectivity index (χ2v) is 8.26. The van der Waals surface area contributed by atoms with Gasteiger partial charge >= 0.3 is 5.97 Å². The van der Waals surface area contributed by atoms with Crippen LogP contribution in [0.5, 0.6) is 0 Å². The van der Waals surface area contributed by atoms with Crippen molar-refractivity contribution in [2.75, 3.05) is 12.3 Å². The molecule has 1 N–H and O–H groups in total. The first-order valence-electron chi connectivity index (χ1n) is 7.06. The predicted octanol–water partition coefficient (Wildman–Crippen LogP) is 1.15. The molecular formula is C14H22N2O4S. The molecule has 2 unspecified atom stereocenters. The molecule has 0 aromatic carbocycles. The van der Waals surface area contributed by atoms with E-state index in [0.717, 1.165) is 6.42 Å². The van der Waals surface area contributed by atoms with E-state index in [1.165, 1.54) is 4.90 Å². The Morgan fingerprint density at radius 3 is 2.62 bits per heavy atom. The Morgan fingerprint density at radius 2 is 2.10 bits per heavy atom. The van der Waals surface area contributed by atoms with Gasteiger partial charge in [0.25, 0.3) is 0 Å². The van der Waals surface area contributed by atoms with Crippen molar-refractivity contribution < 1.29 is 19.5 Å². The SMILES string of the molecule is CC(C)(C)N(CC(=O)O)C(=O)C1CSC2(C)CCC(=O)N12. The molecule has 2 fully saturated rings. The molecule has 2 atom stereocenters. The number of amides is 2. The summed E-state index contributed by atoms with van der Waals surface area (Å²) < 4.78 is 0. The molecular weight excluding hydrogens is 292 g/mol. The smallest absolute Gasteiger partial charge is 0.323 e. The molecule has 2 aliphatic rings. The molecule has 0 saturated carbocycles. The van der Waals surface area contributed by atoms with E-state index in [1.807, 2.05) is 6.92 Å². The quantitative estimate of drug-likeness (QED) is 0.845. The zero-order valence-electron chi connectivity index (χ0n) is 12.9. The van der Waals surface area contributed by atoms with E-state index in [2.05, 4.69) is 0 Å². The first kappa shape index (κ1) is 16.1. The Balaban J connectivity index is 2.25. The predicted molar refractivity (Wildman–Crippen MR) is 79.8 cm³/mol. The third-order valence-electron chi connectivity index (χ3n) is 4.10. The Kier molecular flexibility index (Phi) is 3.99. The van der Waals surface area contributed by atoms with Crippen LogP contribution in [-0.2, 0) is 14.4 Å². The third-order valence-corrected chi connectivity index (χ3v) is 5.60. The number of carboxylic acid groups (broad SMARTS) is 1. The normalized spacial score (nSPS) is 28.7. The van der Waals surface area contributed by atoms with Crippen molar-refractivity contribution in [1.82, 2.24) is 9.80 Å². The van der Waals surface area contributed by atoms with Crippen molar-refractivity contribution in [3.63, 3.8) is 0 Å². The van der Waals surface area contributed by atoms with Crippen molar-refractivity contribution in [1.29, 1.82) is 0 Å². The zero-order chi connectivity index (χ0) is 16.0. The van der Waals surface area contributed by atoms with Crippen LogP contribution in [0.1, 0.15) is 40.5 Å². The number of nitrogens with zero attached hydrogens (tertiary/aromatic N) is 2. The maximum absolute atomic E-state index is 12.8. The van der Waals surface area contributed by atoms with Gasteiger partial charge in [-0.05, 0) is 34.1 Å². The van der Waals surface area contributed by atoms with Crippen LogP contribution in [0.4, 0.5) is 0 Å². The number of carbonyl (C=O) groups is 3. The van der Waals surface area contributed by atoms with Crippen molar-refractivity contribution in [3.8, 4) is 0 Å². The maximum atomic E-state index is 12.8. The van der Waals surface area contributed by atoms with E-state index in [0.29, 0.717) is 12.2 Å². The van der Waals surface area contributed by atoms with Gasteiger partial charge in [0.1, 0.15) is 12.6 Å². The number of fused-ring (bicyclic) bond motifs is 1. The Morgan fingerprint density at radius 1 is 1.48 bits per heavy atom. The molecule has 0 radical (unpaired) electrons. The van der Waals surface area contributed by atoms with Gasteiger partial charge in [-0.1, -0.05) is 0 Å². The van der Waals surface area contributed by atoms with Crippen LogP contribution in [-0.4, -0.2) is 61.4 Å². The monoisotopic (exact) mass is 314 g/mol. The van der Waals surface area contributed by atoms with Gasteiger partial charge in [0.2, 0.25) is 11.8 Å². The largest absolute Gasteiger partial charge is 0.480 e. The summed E-state index contributed by atoms with van der Waals surface area (Å²) in [5.41, 5.74) is -0.595. The molecule has 118 valence electrons. The number of carboxylic acids is 1.